The Bertz CT molecular complexity index is 574. The maximum atomic E-state index is 4.77. The highest BCUT2D eigenvalue weighted by Crippen LogP contribution is 2.27. The minimum absolute atomic E-state index is 0. The Morgan fingerprint density at radius 1 is 1.17 bits per heavy atom. The molecule has 3 atom stereocenters. The fourth-order valence-corrected chi connectivity index (χ4v) is 3.62. The largest absolute Gasteiger partial charge is 0.350 e. The van der Waals surface area contributed by atoms with E-state index in [0.29, 0.717) is 12.1 Å². The smallest absolute Gasteiger partial charge is 0.194 e. The average molecular weight is 441 g/mol. The minimum Gasteiger partial charge on any atom is -0.350 e. The van der Waals surface area contributed by atoms with Gasteiger partial charge in [0.05, 0.1) is 18.6 Å². The summed E-state index contributed by atoms with van der Waals surface area (Å²) in [6, 6.07) is 9.95. The molecule has 0 spiro atoms. The molecule has 1 N–H and O–H groups in total. The zero-order chi connectivity index (χ0) is 16.6. The topological polar surface area (TPSA) is 27.6 Å². The molecular formula is C20H32IN3. The third-order valence-corrected chi connectivity index (χ3v) is 5.29. The van der Waals surface area contributed by atoms with Gasteiger partial charge in [-0.15, -0.1) is 24.0 Å². The summed E-state index contributed by atoms with van der Waals surface area (Å²) < 4.78 is 0. The van der Waals surface area contributed by atoms with Crippen molar-refractivity contribution < 1.29 is 0 Å². The highest BCUT2D eigenvalue weighted by molar-refractivity contribution is 14.0. The van der Waals surface area contributed by atoms with Crippen molar-refractivity contribution in [1.82, 2.24) is 10.2 Å². The van der Waals surface area contributed by atoms with E-state index < -0.39 is 0 Å². The molecule has 4 heteroatoms. The molecule has 0 amide bonds. The predicted octanol–water partition coefficient (Wildman–Crippen LogP) is 4.72. The second kappa shape index (κ2) is 7.63. The van der Waals surface area contributed by atoms with E-state index in [1.54, 1.807) is 0 Å². The molecule has 0 bridgehead atoms. The number of piperidine rings is 1. The van der Waals surface area contributed by atoms with Crippen molar-refractivity contribution in [2.75, 3.05) is 13.1 Å². The van der Waals surface area contributed by atoms with Crippen LogP contribution in [0, 0.1) is 5.92 Å². The summed E-state index contributed by atoms with van der Waals surface area (Å²) >= 11 is 0. The first-order valence-electron chi connectivity index (χ1n) is 9.02. The van der Waals surface area contributed by atoms with Crippen molar-refractivity contribution in [3.63, 3.8) is 0 Å². The summed E-state index contributed by atoms with van der Waals surface area (Å²) in [6.45, 7) is 13.5. The van der Waals surface area contributed by atoms with E-state index >= 15 is 0 Å². The summed E-state index contributed by atoms with van der Waals surface area (Å²) in [5.41, 5.74) is 2.92. The van der Waals surface area contributed by atoms with Crippen LogP contribution in [0.25, 0.3) is 0 Å². The monoisotopic (exact) mass is 441 g/mol. The Kier molecular flexibility index (Phi) is 6.21. The molecule has 2 heterocycles. The molecule has 2 aliphatic rings. The molecule has 1 aromatic rings. The van der Waals surface area contributed by atoms with E-state index in [1.165, 1.54) is 24.0 Å². The summed E-state index contributed by atoms with van der Waals surface area (Å²) in [5.74, 6) is 1.88. The van der Waals surface area contributed by atoms with Gasteiger partial charge in [-0.25, -0.2) is 0 Å². The number of nitrogens with one attached hydrogen (secondary N) is 1. The number of rotatable bonds is 2. The van der Waals surface area contributed by atoms with Crippen molar-refractivity contribution >= 4 is 29.9 Å². The normalized spacial score (nSPS) is 24.7. The molecule has 3 nitrogen and oxygen atoms in total. The Morgan fingerprint density at radius 2 is 1.83 bits per heavy atom. The van der Waals surface area contributed by atoms with Crippen LogP contribution < -0.4 is 5.32 Å². The quantitative estimate of drug-likeness (QED) is 0.673. The first-order chi connectivity index (χ1) is 10.8. The first-order valence-corrected chi connectivity index (χ1v) is 9.02. The minimum atomic E-state index is 0. The second-order valence-electron chi connectivity index (χ2n) is 8.39. The van der Waals surface area contributed by atoms with Gasteiger partial charge < -0.3 is 10.2 Å². The lowest BCUT2D eigenvalue weighted by atomic mass is 9.86. The molecule has 134 valence electrons. The summed E-state index contributed by atoms with van der Waals surface area (Å²) in [4.78, 5) is 7.26. The third-order valence-electron chi connectivity index (χ3n) is 5.29. The van der Waals surface area contributed by atoms with E-state index in [4.69, 9.17) is 4.99 Å². The van der Waals surface area contributed by atoms with Crippen LogP contribution in [0.15, 0.2) is 29.3 Å². The number of guanidine groups is 1. The molecule has 1 saturated heterocycles. The first kappa shape index (κ1) is 19.5. The number of hydrogen-bond donors (Lipinski definition) is 1. The maximum absolute atomic E-state index is 4.77. The average Bonchev–Trinajstić information content (AvgIpc) is 2.89. The molecule has 2 unspecified atom stereocenters. The number of fused-ring (bicyclic) bond motifs is 1. The Morgan fingerprint density at radius 3 is 2.46 bits per heavy atom. The van der Waals surface area contributed by atoms with Crippen molar-refractivity contribution in [3.05, 3.63) is 35.4 Å². The molecule has 1 aromatic carbocycles. The molecule has 0 aromatic heterocycles. The SMILES string of the molecule is CC1CCC2CN=C(N[C@@H](C)c3ccc(C(C)(C)C)cc3)N2C1.I. The van der Waals surface area contributed by atoms with E-state index in [0.717, 1.165) is 25.0 Å². The molecule has 0 aliphatic carbocycles. The number of aliphatic imine (C=N–C) groups is 1. The number of halogens is 1. The van der Waals surface area contributed by atoms with Gasteiger partial charge in [-0.2, -0.15) is 0 Å². The van der Waals surface area contributed by atoms with Crippen LogP contribution in [0.4, 0.5) is 0 Å². The molecule has 0 radical (unpaired) electrons. The number of nitrogens with zero attached hydrogens (tertiary/aromatic N) is 2. The Hall–Kier alpha value is -0.780. The van der Waals surface area contributed by atoms with Crippen LogP contribution in [0.2, 0.25) is 0 Å². The highest BCUT2D eigenvalue weighted by atomic mass is 127. The summed E-state index contributed by atoms with van der Waals surface area (Å²) in [6.07, 6.45) is 2.62. The van der Waals surface area contributed by atoms with Gasteiger partial charge in [0.1, 0.15) is 0 Å². The van der Waals surface area contributed by atoms with E-state index in [9.17, 15) is 0 Å². The summed E-state index contributed by atoms with van der Waals surface area (Å²) in [5, 5.41) is 3.65. The van der Waals surface area contributed by atoms with Crippen LogP contribution in [-0.4, -0.2) is 30.0 Å². The molecule has 24 heavy (non-hydrogen) atoms. The summed E-state index contributed by atoms with van der Waals surface area (Å²) in [7, 11) is 0. The molecule has 0 saturated carbocycles. The fourth-order valence-electron chi connectivity index (χ4n) is 3.62. The molecule has 3 rings (SSSR count). The van der Waals surface area contributed by atoms with Crippen LogP contribution in [0.1, 0.15) is 64.6 Å². The third kappa shape index (κ3) is 4.24. The van der Waals surface area contributed by atoms with Crippen LogP contribution in [0.3, 0.4) is 0 Å². The lowest BCUT2D eigenvalue weighted by Crippen LogP contribution is -2.48. The van der Waals surface area contributed by atoms with E-state index in [1.807, 2.05) is 0 Å². The van der Waals surface area contributed by atoms with E-state index in [2.05, 4.69) is 69.1 Å². The van der Waals surface area contributed by atoms with Crippen molar-refractivity contribution in [2.45, 2.75) is 65.0 Å². The number of hydrogen-bond acceptors (Lipinski definition) is 3. The van der Waals surface area contributed by atoms with Crippen molar-refractivity contribution in [1.29, 1.82) is 0 Å². The zero-order valence-corrected chi connectivity index (χ0v) is 18.0. The van der Waals surface area contributed by atoms with Gasteiger partial charge in [-0.1, -0.05) is 52.0 Å². The van der Waals surface area contributed by atoms with Crippen LogP contribution in [0.5, 0.6) is 0 Å². The zero-order valence-electron chi connectivity index (χ0n) is 15.7. The maximum Gasteiger partial charge on any atom is 0.194 e. The van der Waals surface area contributed by atoms with Gasteiger partial charge in [0.25, 0.3) is 0 Å². The van der Waals surface area contributed by atoms with Crippen LogP contribution >= 0.6 is 24.0 Å². The van der Waals surface area contributed by atoms with Gasteiger partial charge in [-0.3, -0.25) is 4.99 Å². The van der Waals surface area contributed by atoms with Crippen molar-refractivity contribution in [3.8, 4) is 0 Å². The van der Waals surface area contributed by atoms with E-state index in [-0.39, 0.29) is 29.4 Å². The lowest BCUT2D eigenvalue weighted by Gasteiger charge is -2.36. The Labute approximate surface area is 164 Å². The second-order valence-corrected chi connectivity index (χ2v) is 8.39. The fraction of sp³-hybridized carbons (Fsp3) is 0.650. The van der Waals surface area contributed by atoms with Gasteiger partial charge in [-0.05, 0) is 42.2 Å². The lowest BCUT2D eigenvalue weighted by molar-refractivity contribution is 0.210. The van der Waals surface area contributed by atoms with Gasteiger partial charge in [0.2, 0.25) is 0 Å². The number of benzene rings is 1. The van der Waals surface area contributed by atoms with Gasteiger partial charge in [0.15, 0.2) is 5.96 Å². The van der Waals surface area contributed by atoms with Crippen molar-refractivity contribution in [2.24, 2.45) is 10.9 Å². The van der Waals surface area contributed by atoms with Crippen LogP contribution in [-0.2, 0) is 5.41 Å². The highest BCUT2D eigenvalue weighted by Gasteiger charge is 2.33. The predicted molar refractivity (Wildman–Crippen MR) is 113 cm³/mol. The standard InChI is InChI=1S/C20H31N3.HI/c1-14-6-11-18-12-21-19(23(18)13-14)22-15(2)16-7-9-17(10-8-16)20(3,4)5;/h7-10,14-15,18H,6,11-13H2,1-5H3,(H,21,22);1H/t14?,15-,18?;/m0./s1. The van der Waals surface area contributed by atoms with Gasteiger partial charge >= 0.3 is 0 Å². The molecule has 2 aliphatic heterocycles. The van der Waals surface area contributed by atoms with Gasteiger partial charge in [0, 0.05) is 6.54 Å². The molecular weight excluding hydrogens is 409 g/mol. The Balaban J connectivity index is 0.00000208. The molecule has 1 fully saturated rings.